The number of hydrogen-bond donors (Lipinski definition) is 1. The van der Waals surface area contributed by atoms with E-state index >= 15 is 0 Å². The Kier molecular flexibility index (Phi) is 3.09. The summed E-state index contributed by atoms with van der Waals surface area (Å²) in [6.07, 6.45) is 0.784. The molecule has 4 nitrogen and oxygen atoms in total. The predicted molar refractivity (Wildman–Crippen MR) is 46.4 cm³/mol. The highest BCUT2D eigenvalue weighted by atomic mass is 32.2. The second-order valence-electron chi connectivity index (χ2n) is 3.27. The van der Waals surface area contributed by atoms with Gasteiger partial charge in [-0.05, 0) is 20.3 Å². The van der Waals surface area contributed by atoms with E-state index in [0.717, 1.165) is 6.42 Å². The average Bonchev–Trinajstić information content (AvgIpc) is 2.38. The molecule has 0 amide bonds. The maximum Gasteiger partial charge on any atom is 0.214 e. The van der Waals surface area contributed by atoms with E-state index in [1.165, 1.54) is 0 Å². The molecule has 0 radical (unpaired) electrons. The molecule has 72 valence electrons. The lowest BCUT2D eigenvalue weighted by Crippen LogP contribution is -2.39. The number of nitrogens with one attached hydrogen (secondary N) is 1. The molecule has 0 aromatic rings. The molecule has 1 N–H and O–H groups in total. The zero-order chi connectivity index (χ0) is 9.19. The summed E-state index contributed by atoms with van der Waals surface area (Å²) in [6, 6.07) is -0.0163. The molecule has 0 aromatic heterocycles. The van der Waals surface area contributed by atoms with Crippen molar-refractivity contribution in [2.75, 3.05) is 13.2 Å². The van der Waals surface area contributed by atoms with Crippen LogP contribution in [0, 0.1) is 0 Å². The Morgan fingerprint density at radius 1 is 1.50 bits per heavy atom. The first kappa shape index (κ1) is 9.95. The van der Waals surface area contributed by atoms with E-state index in [4.69, 9.17) is 4.74 Å². The lowest BCUT2D eigenvalue weighted by molar-refractivity contribution is 0.192. The minimum atomic E-state index is -3.11. The van der Waals surface area contributed by atoms with Crippen LogP contribution < -0.4 is 4.72 Å². The molecule has 0 aromatic carbocycles. The largest absolute Gasteiger partial charge is 0.380 e. The molecule has 12 heavy (non-hydrogen) atoms. The molecule has 1 unspecified atom stereocenters. The Bertz CT molecular complexity index is 229. The second-order valence-corrected chi connectivity index (χ2v) is 5.54. The van der Waals surface area contributed by atoms with Gasteiger partial charge >= 0.3 is 0 Å². The van der Waals surface area contributed by atoms with Gasteiger partial charge in [-0.3, -0.25) is 0 Å². The highest BCUT2D eigenvalue weighted by molar-refractivity contribution is 7.90. The Morgan fingerprint density at radius 3 is 2.58 bits per heavy atom. The molecule has 5 heteroatoms. The number of sulfonamides is 1. The van der Waals surface area contributed by atoms with Crippen LogP contribution in [0.3, 0.4) is 0 Å². The van der Waals surface area contributed by atoms with E-state index in [9.17, 15) is 8.42 Å². The Hall–Kier alpha value is -0.130. The predicted octanol–water partition coefficient (Wildman–Crippen LogP) is 0.103. The topological polar surface area (TPSA) is 55.4 Å². The van der Waals surface area contributed by atoms with Gasteiger partial charge in [-0.1, -0.05) is 0 Å². The minimum absolute atomic E-state index is 0.0163. The van der Waals surface area contributed by atoms with Gasteiger partial charge in [0.1, 0.15) is 0 Å². The summed E-state index contributed by atoms with van der Waals surface area (Å²) in [7, 11) is -3.11. The van der Waals surface area contributed by atoms with Crippen molar-refractivity contribution in [3.63, 3.8) is 0 Å². The summed E-state index contributed by atoms with van der Waals surface area (Å²) in [4.78, 5) is 0. The van der Waals surface area contributed by atoms with Crippen molar-refractivity contribution in [2.24, 2.45) is 0 Å². The Balaban J connectivity index is 2.49. The fourth-order valence-corrected chi connectivity index (χ4v) is 1.92. The monoisotopic (exact) mass is 193 g/mol. The molecule has 0 bridgehead atoms. The van der Waals surface area contributed by atoms with Gasteiger partial charge in [0.25, 0.3) is 0 Å². The molecule has 0 spiro atoms. The van der Waals surface area contributed by atoms with Crippen molar-refractivity contribution >= 4 is 10.0 Å². The van der Waals surface area contributed by atoms with Gasteiger partial charge < -0.3 is 4.74 Å². The molecule has 0 aliphatic carbocycles. The summed E-state index contributed by atoms with van der Waals surface area (Å²) < 4.78 is 30.3. The maximum atomic E-state index is 11.3. The van der Waals surface area contributed by atoms with Crippen molar-refractivity contribution in [3.05, 3.63) is 0 Å². The molecule has 0 saturated carbocycles. The van der Waals surface area contributed by atoms with Crippen LogP contribution in [0.15, 0.2) is 0 Å². The molecule has 1 rings (SSSR count). The van der Waals surface area contributed by atoms with Crippen LogP contribution >= 0.6 is 0 Å². The summed E-state index contributed by atoms with van der Waals surface area (Å²) >= 11 is 0. The summed E-state index contributed by atoms with van der Waals surface area (Å²) in [5, 5.41) is -0.363. The zero-order valence-electron chi connectivity index (χ0n) is 7.41. The van der Waals surface area contributed by atoms with Crippen LogP contribution in [0.2, 0.25) is 0 Å². The van der Waals surface area contributed by atoms with Crippen molar-refractivity contribution in [1.82, 2.24) is 4.72 Å². The number of hydrogen-bond acceptors (Lipinski definition) is 3. The fraction of sp³-hybridized carbons (Fsp3) is 1.00. The van der Waals surface area contributed by atoms with Gasteiger partial charge in [-0.2, -0.15) is 0 Å². The van der Waals surface area contributed by atoms with Gasteiger partial charge in [0.2, 0.25) is 10.0 Å². The summed E-state index contributed by atoms with van der Waals surface area (Å²) in [5.74, 6) is 0. The highest BCUT2D eigenvalue weighted by Crippen LogP contribution is 2.07. The van der Waals surface area contributed by atoms with Gasteiger partial charge in [0, 0.05) is 12.6 Å². The van der Waals surface area contributed by atoms with Crippen LogP contribution in [-0.4, -0.2) is 32.9 Å². The molecule has 1 aliphatic heterocycles. The van der Waals surface area contributed by atoms with Crippen molar-refractivity contribution in [2.45, 2.75) is 31.6 Å². The Morgan fingerprint density at radius 2 is 2.17 bits per heavy atom. The van der Waals surface area contributed by atoms with Crippen LogP contribution in [0.1, 0.15) is 20.3 Å². The third-order valence-corrected chi connectivity index (χ3v) is 3.78. The maximum absolute atomic E-state index is 11.3. The number of rotatable bonds is 3. The molecule has 1 saturated heterocycles. The van der Waals surface area contributed by atoms with Gasteiger partial charge in [-0.15, -0.1) is 0 Å². The van der Waals surface area contributed by atoms with Gasteiger partial charge in [0.15, 0.2) is 0 Å². The molecular weight excluding hydrogens is 178 g/mol. The number of ether oxygens (including phenoxy) is 1. The minimum Gasteiger partial charge on any atom is -0.380 e. The van der Waals surface area contributed by atoms with Crippen LogP contribution in [0.25, 0.3) is 0 Å². The first-order chi connectivity index (χ1) is 5.52. The molecular formula is C7H15NO3S. The van der Waals surface area contributed by atoms with E-state index in [1.807, 2.05) is 0 Å². The van der Waals surface area contributed by atoms with Crippen molar-refractivity contribution in [1.29, 1.82) is 0 Å². The van der Waals surface area contributed by atoms with E-state index in [1.54, 1.807) is 13.8 Å². The van der Waals surface area contributed by atoms with E-state index in [0.29, 0.717) is 13.2 Å². The highest BCUT2D eigenvalue weighted by Gasteiger charge is 2.23. The smallest absolute Gasteiger partial charge is 0.214 e. The van der Waals surface area contributed by atoms with E-state index in [2.05, 4.69) is 4.72 Å². The summed E-state index contributed by atoms with van der Waals surface area (Å²) in [6.45, 7) is 4.49. The SMILES string of the molecule is CC(C)S(=O)(=O)NC1CCOC1. The molecule has 1 heterocycles. The fourth-order valence-electron chi connectivity index (χ4n) is 0.996. The van der Waals surface area contributed by atoms with E-state index < -0.39 is 10.0 Å². The van der Waals surface area contributed by atoms with E-state index in [-0.39, 0.29) is 11.3 Å². The first-order valence-corrected chi connectivity index (χ1v) is 5.66. The third-order valence-electron chi connectivity index (χ3n) is 1.88. The molecule has 1 atom stereocenters. The average molecular weight is 193 g/mol. The van der Waals surface area contributed by atoms with Crippen LogP contribution in [0.5, 0.6) is 0 Å². The van der Waals surface area contributed by atoms with Gasteiger partial charge in [-0.25, -0.2) is 13.1 Å². The van der Waals surface area contributed by atoms with Crippen molar-refractivity contribution < 1.29 is 13.2 Å². The standard InChI is InChI=1S/C7H15NO3S/c1-6(2)12(9,10)8-7-3-4-11-5-7/h6-8H,3-5H2,1-2H3. The quantitative estimate of drug-likeness (QED) is 0.691. The molecule has 1 fully saturated rings. The zero-order valence-corrected chi connectivity index (χ0v) is 8.23. The van der Waals surface area contributed by atoms with Crippen molar-refractivity contribution in [3.8, 4) is 0 Å². The second kappa shape index (κ2) is 3.72. The lowest BCUT2D eigenvalue weighted by Gasteiger charge is -2.13. The first-order valence-electron chi connectivity index (χ1n) is 4.11. The Labute approximate surface area is 73.3 Å². The molecule has 1 aliphatic rings. The van der Waals surface area contributed by atoms with Crippen LogP contribution in [0.4, 0.5) is 0 Å². The van der Waals surface area contributed by atoms with Crippen LogP contribution in [-0.2, 0) is 14.8 Å². The third kappa shape index (κ3) is 2.43. The summed E-state index contributed by atoms with van der Waals surface area (Å²) in [5.41, 5.74) is 0. The van der Waals surface area contributed by atoms with Gasteiger partial charge in [0.05, 0.1) is 11.9 Å². The lowest BCUT2D eigenvalue weighted by atomic mass is 10.3. The normalized spacial score (nSPS) is 25.1.